The average molecular weight is 229 g/mol. The molecule has 0 aromatic rings. The molecule has 1 aliphatic heterocycles. The van der Waals surface area contributed by atoms with Crippen molar-refractivity contribution < 1.29 is 14.7 Å². The second-order valence-corrected chi connectivity index (χ2v) is 4.54. The van der Waals surface area contributed by atoms with Crippen molar-refractivity contribution >= 4 is 11.7 Å². The second kappa shape index (κ2) is 4.69. The normalized spacial score (nSPS) is 23.3. The number of carbonyl (C=O) groups is 1. The van der Waals surface area contributed by atoms with Crippen molar-refractivity contribution in [2.24, 2.45) is 16.3 Å². The van der Waals surface area contributed by atoms with Gasteiger partial charge in [-0.15, -0.1) is 0 Å². The largest absolute Gasteiger partial charge is 0.409 e. The number of hydrogen-bond acceptors (Lipinski definition) is 4. The van der Waals surface area contributed by atoms with Crippen LogP contribution >= 0.6 is 0 Å². The highest BCUT2D eigenvalue weighted by Crippen LogP contribution is 2.20. The topological polar surface area (TPSA) is 88.2 Å². The number of amidine groups is 1. The molecule has 1 rings (SSSR count). The predicted molar refractivity (Wildman–Crippen MR) is 59.2 cm³/mol. The van der Waals surface area contributed by atoms with E-state index in [1.807, 2.05) is 6.92 Å². The Labute approximate surface area is 95.0 Å². The van der Waals surface area contributed by atoms with Gasteiger partial charge in [0, 0.05) is 13.1 Å². The second-order valence-electron chi connectivity index (χ2n) is 4.54. The molecule has 0 bridgehead atoms. The first kappa shape index (κ1) is 12.8. The van der Waals surface area contributed by atoms with E-state index in [2.05, 4.69) is 5.16 Å². The third-order valence-electron chi connectivity index (χ3n) is 2.81. The molecule has 1 heterocycles. The van der Waals surface area contributed by atoms with Gasteiger partial charge >= 0.3 is 0 Å². The maximum Gasteiger partial charge on any atom is 0.236 e. The number of hydrogen-bond donors (Lipinski definition) is 2. The zero-order valence-electron chi connectivity index (χ0n) is 9.93. The number of morpholine rings is 1. The van der Waals surface area contributed by atoms with Crippen LogP contribution in [0.1, 0.15) is 20.8 Å². The number of ether oxygens (including phenoxy) is 1. The number of rotatable bonds is 2. The molecule has 6 nitrogen and oxygen atoms in total. The van der Waals surface area contributed by atoms with Crippen LogP contribution in [0.15, 0.2) is 5.16 Å². The Morgan fingerprint density at radius 2 is 2.25 bits per heavy atom. The molecular weight excluding hydrogens is 210 g/mol. The Hall–Kier alpha value is -1.30. The van der Waals surface area contributed by atoms with Crippen molar-refractivity contribution in [3.8, 4) is 0 Å². The Morgan fingerprint density at radius 1 is 1.62 bits per heavy atom. The minimum atomic E-state index is -0.980. The molecule has 0 aliphatic carbocycles. The zero-order chi connectivity index (χ0) is 12.3. The molecule has 92 valence electrons. The summed E-state index contributed by atoms with van der Waals surface area (Å²) < 4.78 is 5.35. The zero-order valence-corrected chi connectivity index (χ0v) is 9.93. The van der Waals surface area contributed by atoms with Crippen molar-refractivity contribution in [3.63, 3.8) is 0 Å². The predicted octanol–water partition coefficient (Wildman–Crippen LogP) is 0.00630. The van der Waals surface area contributed by atoms with Gasteiger partial charge in [-0.05, 0) is 20.8 Å². The standard InChI is InChI=1S/C10H19N3O3/c1-7-6-13(4-5-16-7)9(14)10(2,3)8(11)12-15/h7,15H,4-6H2,1-3H3,(H2,11,12). The summed E-state index contributed by atoms with van der Waals surface area (Å²) in [5.74, 6) is -0.213. The van der Waals surface area contributed by atoms with Gasteiger partial charge in [0.1, 0.15) is 5.41 Å². The van der Waals surface area contributed by atoms with E-state index >= 15 is 0 Å². The fourth-order valence-corrected chi connectivity index (χ4v) is 1.63. The minimum Gasteiger partial charge on any atom is -0.409 e. The van der Waals surface area contributed by atoms with Crippen molar-refractivity contribution in [2.45, 2.75) is 26.9 Å². The van der Waals surface area contributed by atoms with E-state index in [4.69, 9.17) is 15.7 Å². The number of amides is 1. The molecule has 1 unspecified atom stereocenters. The molecule has 1 amide bonds. The number of nitrogens with zero attached hydrogens (tertiary/aromatic N) is 2. The van der Waals surface area contributed by atoms with E-state index in [-0.39, 0.29) is 17.8 Å². The summed E-state index contributed by atoms with van der Waals surface area (Å²) in [6, 6.07) is 0. The van der Waals surface area contributed by atoms with Crippen LogP contribution in [0.5, 0.6) is 0 Å². The van der Waals surface area contributed by atoms with E-state index in [0.29, 0.717) is 19.7 Å². The van der Waals surface area contributed by atoms with Gasteiger partial charge in [0.2, 0.25) is 5.91 Å². The highest BCUT2D eigenvalue weighted by Gasteiger charge is 2.37. The first-order chi connectivity index (χ1) is 7.39. The first-order valence-corrected chi connectivity index (χ1v) is 5.28. The number of nitrogens with two attached hydrogens (primary N) is 1. The van der Waals surface area contributed by atoms with E-state index in [1.54, 1.807) is 18.7 Å². The molecule has 1 aliphatic rings. The summed E-state index contributed by atoms with van der Waals surface area (Å²) in [6.07, 6.45) is 0.0285. The van der Waals surface area contributed by atoms with Crippen LogP contribution in [0.4, 0.5) is 0 Å². The Bertz CT molecular complexity index is 302. The summed E-state index contributed by atoms with van der Waals surface area (Å²) in [5.41, 5.74) is 4.53. The van der Waals surface area contributed by atoms with Crippen LogP contribution < -0.4 is 5.73 Å². The molecule has 1 fully saturated rings. The molecule has 0 saturated carbocycles. The van der Waals surface area contributed by atoms with Crippen molar-refractivity contribution in [1.29, 1.82) is 0 Å². The van der Waals surface area contributed by atoms with Gasteiger partial charge in [-0.1, -0.05) is 5.16 Å². The molecule has 0 radical (unpaired) electrons. The smallest absolute Gasteiger partial charge is 0.236 e. The van der Waals surface area contributed by atoms with E-state index in [9.17, 15) is 4.79 Å². The van der Waals surface area contributed by atoms with E-state index in [0.717, 1.165) is 0 Å². The highest BCUT2D eigenvalue weighted by molar-refractivity contribution is 6.05. The third kappa shape index (κ3) is 2.44. The molecule has 0 spiro atoms. The SMILES string of the molecule is CC1CN(C(=O)C(C)(C)C(N)=NO)CCO1. The maximum absolute atomic E-state index is 12.2. The fraction of sp³-hybridized carbons (Fsp3) is 0.800. The lowest BCUT2D eigenvalue weighted by Crippen LogP contribution is -2.53. The maximum atomic E-state index is 12.2. The lowest BCUT2D eigenvalue weighted by Gasteiger charge is -2.36. The van der Waals surface area contributed by atoms with Gasteiger partial charge in [-0.2, -0.15) is 0 Å². The molecule has 6 heteroatoms. The molecule has 0 aromatic carbocycles. The van der Waals surface area contributed by atoms with Crippen LogP contribution in [0, 0.1) is 5.41 Å². The monoisotopic (exact) mass is 229 g/mol. The quantitative estimate of drug-likeness (QED) is 0.302. The van der Waals surface area contributed by atoms with Crippen LogP contribution in [-0.2, 0) is 9.53 Å². The van der Waals surface area contributed by atoms with Crippen LogP contribution in [0.25, 0.3) is 0 Å². The van der Waals surface area contributed by atoms with Crippen molar-refractivity contribution in [1.82, 2.24) is 4.90 Å². The van der Waals surface area contributed by atoms with Crippen LogP contribution in [0.3, 0.4) is 0 Å². The first-order valence-electron chi connectivity index (χ1n) is 5.28. The Kier molecular flexibility index (Phi) is 3.74. The number of oxime groups is 1. The Morgan fingerprint density at radius 3 is 2.75 bits per heavy atom. The van der Waals surface area contributed by atoms with Gasteiger partial charge in [0.25, 0.3) is 0 Å². The van der Waals surface area contributed by atoms with Crippen LogP contribution in [0.2, 0.25) is 0 Å². The molecule has 3 N–H and O–H groups in total. The van der Waals surface area contributed by atoms with Gasteiger partial charge in [-0.25, -0.2) is 0 Å². The third-order valence-corrected chi connectivity index (χ3v) is 2.81. The van der Waals surface area contributed by atoms with Crippen molar-refractivity contribution in [2.75, 3.05) is 19.7 Å². The summed E-state index contributed by atoms with van der Waals surface area (Å²) in [5, 5.41) is 11.5. The summed E-state index contributed by atoms with van der Waals surface area (Å²) in [7, 11) is 0. The highest BCUT2D eigenvalue weighted by atomic mass is 16.5. The minimum absolute atomic E-state index is 0.0285. The van der Waals surface area contributed by atoms with Gasteiger partial charge < -0.3 is 20.6 Å². The summed E-state index contributed by atoms with van der Waals surface area (Å²) in [4.78, 5) is 13.9. The lowest BCUT2D eigenvalue weighted by molar-refractivity contribution is -0.144. The molecule has 0 aromatic heterocycles. The van der Waals surface area contributed by atoms with Crippen LogP contribution in [-0.4, -0.2) is 47.7 Å². The van der Waals surface area contributed by atoms with Crippen molar-refractivity contribution in [3.05, 3.63) is 0 Å². The molecule has 1 atom stereocenters. The van der Waals surface area contributed by atoms with E-state index in [1.165, 1.54) is 0 Å². The molecule has 1 saturated heterocycles. The Balaban J connectivity index is 2.77. The number of carbonyl (C=O) groups excluding carboxylic acids is 1. The van der Waals surface area contributed by atoms with Gasteiger partial charge in [0.05, 0.1) is 12.7 Å². The average Bonchev–Trinajstić information content (AvgIpc) is 2.26. The summed E-state index contributed by atoms with van der Waals surface area (Å²) >= 11 is 0. The van der Waals surface area contributed by atoms with E-state index < -0.39 is 5.41 Å². The molecule has 16 heavy (non-hydrogen) atoms. The van der Waals surface area contributed by atoms with Gasteiger partial charge in [-0.3, -0.25) is 4.79 Å². The fourth-order valence-electron chi connectivity index (χ4n) is 1.63. The van der Waals surface area contributed by atoms with Gasteiger partial charge in [0.15, 0.2) is 5.84 Å². The lowest BCUT2D eigenvalue weighted by atomic mass is 9.90. The molecular formula is C10H19N3O3. The summed E-state index contributed by atoms with van der Waals surface area (Å²) in [6.45, 7) is 6.82.